The summed E-state index contributed by atoms with van der Waals surface area (Å²) in [5.41, 5.74) is 6.96. The lowest BCUT2D eigenvalue weighted by atomic mass is 9.73. The van der Waals surface area contributed by atoms with E-state index in [4.69, 9.17) is 0 Å². The van der Waals surface area contributed by atoms with Gasteiger partial charge in [0.1, 0.15) is 5.41 Å². The molecular weight excluding hydrogens is 328 g/mol. The summed E-state index contributed by atoms with van der Waals surface area (Å²) < 4.78 is 0. The van der Waals surface area contributed by atoms with E-state index in [1.807, 2.05) is 0 Å². The van der Waals surface area contributed by atoms with Crippen LogP contribution in [0.5, 0.6) is 0 Å². The number of hydrogen-bond donors (Lipinski definition) is 1. The first-order valence-corrected chi connectivity index (χ1v) is 10.5. The number of nitrogens with zero attached hydrogens (tertiary/aromatic N) is 1. The molecule has 0 heterocycles. The molecule has 2 nitrogen and oxygen atoms in total. The van der Waals surface area contributed by atoms with Crippen LogP contribution in [0.4, 0.5) is 0 Å². The zero-order chi connectivity index (χ0) is 19.0. The van der Waals surface area contributed by atoms with E-state index in [1.54, 1.807) is 0 Å². The first-order chi connectivity index (χ1) is 13.1. The van der Waals surface area contributed by atoms with Crippen LogP contribution in [0.3, 0.4) is 0 Å². The van der Waals surface area contributed by atoms with Gasteiger partial charge in [-0.2, -0.15) is 5.26 Å². The number of nitriles is 1. The maximum absolute atomic E-state index is 10.0. The Balaban J connectivity index is 0.000000213. The Morgan fingerprint density at radius 1 is 0.926 bits per heavy atom. The second-order valence-electron chi connectivity index (χ2n) is 8.48. The molecule has 2 fully saturated rings. The van der Waals surface area contributed by atoms with Gasteiger partial charge in [0.15, 0.2) is 0 Å². The van der Waals surface area contributed by atoms with Gasteiger partial charge in [0, 0.05) is 12.1 Å². The van der Waals surface area contributed by atoms with Crippen LogP contribution >= 0.6 is 0 Å². The third-order valence-electron chi connectivity index (χ3n) is 6.13. The second kappa shape index (κ2) is 7.13. The highest BCUT2D eigenvalue weighted by Crippen LogP contribution is 2.53. The average Bonchev–Trinajstić information content (AvgIpc) is 3.59. The highest BCUT2D eigenvalue weighted by molar-refractivity contribution is 5.85. The van der Waals surface area contributed by atoms with Crippen molar-refractivity contribution in [2.75, 3.05) is 0 Å². The summed E-state index contributed by atoms with van der Waals surface area (Å²) >= 11 is 0. The lowest BCUT2D eigenvalue weighted by Gasteiger charge is -2.26. The van der Waals surface area contributed by atoms with E-state index in [1.165, 1.54) is 59.1 Å². The molecule has 0 aromatic heterocycles. The molecule has 0 amide bonds. The quantitative estimate of drug-likeness (QED) is 0.750. The molecule has 0 bridgehead atoms. The van der Waals surface area contributed by atoms with E-state index < -0.39 is 5.41 Å². The molecule has 0 radical (unpaired) electrons. The van der Waals surface area contributed by atoms with Crippen molar-refractivity contribution >= 4 is 0 Å². The van der Waals surface area contributed by atoms with Crippen LogP contribution in [-0.2, 0) is 5.41 Å². The smallest absolute Gasteiger partial charge is 0.109 e. The Morgan fingerprint density at radius 3 is 1.78 bits per heavy atom. The van der Waals surface area contributed by atoms with Crippen LogP contribution in [0.15, 0.2) is 36.4 Å². The molecule has 0 unspecified atom stereocenters. The zero-order valence-corrected chi connectivity index (χ0v) is 16.8. The third kappa shape index (κ3) is 3.30. The molecule has 2 heteroatoms. The second-order valence-corrected chi connectivity index (χ2v) is 8.48. The summed E-state index contributed by atoms with van der Waals surface area (Å²) in [7, 11) is 0. The van der Waals surface area contributed by atoms with Gasteiger partial charge in [-0.1, -0.05) is 49.7 Å². The average molecular weight is 359 g/mol. The molecule has 0 atom stereocenters. The summed E-state index contributed by atoms with van der Waals surface area (Å²) in [6.45, 7) is 6.41. The molecule has 2 aromatic carbocycles. The van der Waals surface area contributed by atoms with E-state index in [2.05, 4.69) is 68.6 Å². The topological polar surface area (TPSA) is 35.8 Å². The van der Waals surface area contributed by atoms with Crippen molar-refractivity contribution in [1.82, 2.24) is 5.32 Å². The number of nitrogens with one attached hydrogen (secondary N) is 1. The van der Waals surface area contributed by atoms with Crippen LogP contribution in [0.2, 0.25) is 0 Å². The van der Waals surface area contributed by atoms with Crippen molar-refractivity contribution in [2.24, 2.45) is 0 Å². The van der Waals surface area contributed by atoms with Gasteiger partial charge < -0.3 is 5.32 Å². The Bertz CT molecular complexity index is 820. The lowest BCUT2D eigenvalue weighted by molar-refractivity contribution is 0.589. The molecule has 0 spiro atoms. The Morgan fingerprint density at radius 2 is 1.41 bits per heavy atom. The lowest BCUT2D eigenvalue weighted by Crippen LogP contribution is -2.24. The number of fused-ring (bicyclic) bond motifs is 3. The van der Waals surface area contributed by atoms with E-state index in [0.29, 0.717) is 0 Å². The number of benzene rings is 2. The highest BCUT2D eigenvalue weighted by Gasteiger charge is 2.44. The summed E-state index contributed by atoms with van der Waals surface area (Å²) in [5.74, 6) is 0. The summed E-state index contributed by atoms with van der Waals surface area (Å²) in [6, 6.07) is 17.3. The normalized spacial score (nSPS) is 18.7. The molecule has 0 saturated heterocycles. The van der Waals surface area contributed by atoms with Crippen molar-refractivity contribution in [2.45, 2.75) is 76.8 Å². The molecule has 140 valence electrons. The largest absolute Gasteiger partial charge is 0.311 e. The van der Waals surface area contributed by atoms with Gasteiger partial charge in [0.2, 0.25) is 0 Å². The van der Waals surface area contributed by atoms with Crippen LogP contribution < -0.4 is 5.32 Å². The van der Waals surface area contributed by atoms with Gasteiger partial charge in [-0.3, -0.25) is 0 Å². The van der Waals surface area contributed by atoms with Gasteiger partial charge in [-0.15, -0.1) is 0 Å². The van der Waals surface area contributed by atoms with Crippen LogP contribution in [0.25, 0.3) is 11.1 Å². The fourth-order valence-corrected chi connectivity index (χ4v) is 4.67. The molecule has 5 rings (SSSR count). The minimum absolute atomic E-state index is 0.462. The summed E-state index contributed by atoms with van der Waals surface area (Å²) in [5, 5.41) is 13.6. The van der Waals surface area contributed by atoms with E-state index in [9.17, 15) is 5.26 Å². The minimum atomic E-state index is -0.462. The van der Waals surface area contributed by atoms with Gasteiger partial charge in [0.05, 0.1) is 6.07 Å². The van der Waals surface area contributed by atoms with Crippen LogP contribution in [0.1, 0.15) is 67.7 Å². The van der Waals surface area contributed by atoms with Crippen molar-refractivity contribution in [3.8, 4) is 17.2 Å². The van der Waals surface area contributed by atoms with Crippen LogP contribution in [0, 0.1) is 25.2 Å². The van der Waals surface area contributed by atoms with Gasteiger partial charge in [-0.25, -0.2) is 0 Å². The number of hydrogen-bond acceptors (Lipinski definition) is 2. The zero-order valence-electron chi connectivity index (χ0n) is 16.8. The Kier molecular flexibility index (Phi) is 4.82. The first-order valence-electron chi connectivity index (χ1n) is 10.5. The predicted octanol–water partition coefficient (Wildman–Crippen LogP) is 5.79. The Hall–Kier alpha value is -2.11. The SMILES string of the molecule is C1CC1NC1CC1.CCCC1(C#N)c2c(C)cccc2-c2cccc(C)c21. The molecule has 2 saturated carbocycles. The van der Waals surface area contributed by atoms with Crippen molar-refractivity contribution in [1.29, 1.82) is 5.26 Å². The van der Waals surface area contributed by atoms with E-state index >= 15 is 0 Å². The molecule has 3 aliphatic rings. The van der Waals surface area contributed by atoms with Gasteiger partial charge in [-0.05, 0) is 79.3 Å². The highest BCUT2D eigenvalue weighted by atomic mass is 15.0. The van der Waals surface area contributed by atoms with E-state index in [0.717, 1.165) is 24.9 Å². The summed E-state index contributed by atoms with van der Waals surface area (Å²) in [6.07, 6.45) is 7.66. The number of rotatable bonds is 4. The maximum atomic E-state index is 10.0. The van der Waals surface area contributed by atoms with Gasteiger partial charge >= 0.3 is 0 Å². The monoisotopic (exact) mass is 358 g/mol. The first kappa shape index (κ1) is 18.3. The van der Waals surface area contributed by atoms with E-state index in [-0.39, 0.29) is 0 Å². The van der Waals surface area contributed by atoms with Crippen LogP contribution in [-0.4, -0.2) is 12.1 Å². The molecular formula is C25H30N2. The molecule has 0 aliphatic heterocycles. The summed E-state index contributed by atoms with van der Waals surface area (Å²) in [4.78, 5) is 0. The number of aryl methyl sites for hydroxylation is 2. The van der Waals surface area contributed by atoms with Crippen molar-refractivity contribution in [3.63, 3.8) is 0 Å². The fraction of sp³-hybridized carbons (Fsp3) is 0.480. The standard InChI is InChI=1S/C19H19N.C6H11N/c1-4-11-19(12-20)17-13(2)7-5-9-15(17)16-10-6-8-14(3)18(16)19;1-2-5(1)7-6-3-4-6/h5-10H,4,11H2,1-3H3;5-7H,1-4H2. The van der Waals surface area contributed by atoms with Crippen molar-refractivity contribution < 1.29 is 0 Å². The molecule has 3 aliphatic carbocycles. The fourth-order valence-electron chi connectivity index (χ4n) is 4.67. The third-order valence-corrected chi connectivity index (χ3v) is 6.13. The maximum Gasteiger partial charge on any atom is 0.109 e. The minimum Gasteiger partial charge on any atom is -0.311 e. The van der Waals surface area contributed by atoms with Gasteiger partial charge in [0.25, 0.3) is 0 Å². The molecule has 2 aromatic rings. The Labute approximate surface area is 163 Å². The molecule has 27 heavy (non-hydrogen) atoms. The predicted molar refractivity (Wildman–Crippen MR) is 112 cm³/mol. The van der Waals surface area contributed by atoms with Crippen molar-refractivity contribution in [3.05, 3.63) is 58.7 Å². The molecule has 1 N–H and O–H groups in total.